The van der Waals surface area contributed by atoms with Crippen molar-refractivity contribution in [3.8, 4) is 11.5 Å². The minimum absolute atomic E-state index is 0.178. The Morgan fingerprint density at radius 1 is 1.28 bits per heavy atom. The number of aryl methyl sites for hydroxylation is 1. The van der Waals surface area contributed by atoms with Crippen LogP contribution in [0.3, 0.4) is 0 Å². The molecular formula is C19H23N3O3. The van der Waals surface area contributed by atoms with Crippen molar-refractivity contribution in [1.82, 2.24) is 10.3 Å². The van der Waals surface area contributed by atoms with E-state index >= 15 is 0 Å². The molecule has 0 spiro atoms. The Bertz CT molecular complexity index is 754. The lowest BCUT2D eigenvalue weighted by Crippen LogP contribution is -2.44. The highest BCUT2D eigenvalue weighted by Crippen LogP contribution is 2.38. The van der Waals surface area contributed by atoms with Gasteiger partial charge < -0.3 is 19.8 Å². The van der Waals surface area contributed by atoms with E-state index in [-0.39, 0.29) is 12.1 Å². The molecular weight excluding hydrogens is 318 g/mol. The minimum Gasteiger partial charge on any atom is -0.444 e. The summed E-state index contributed by atoms with van der Waals surface area (Å²) in [5.74, 6) is 1.26. The van der Waals surface area contributed by atoms with Gasteiger partial charge in [0.05, 0.1) is 11.8 Å². The fourth-order valence-electron chi connectivity index (χ4n) is 3.32. The van der Waals surface area contributed by atoms with Crippen molar-refractivity contribution in [3.63, 3.8) is 0 Å². The average molecular weight is 341 g/mol. The zero-order chi connectivity index (χ0) is 17.2. The van der Waals surface area contributed by atoms with Crippen molar-refractivity contribution < 1.29 is 13.9 Å². The Kier molecular flexibility index (Phi) is 4.44. The van der Waals surface area contributed by atoms with Crippen molar-refractivity contribution in [2.24, 2.45) is 5.92 Å². The van der Waals surface area contributed by atoms with Crippen LogP contribution in [0.25, 0.3) is 11.5 Å². The Labute approximate surface area is 147 Å². The van der Waals surface area contributed by atoms with Gasteiger partial charge in [-0.15, -0.1) is 0 Å². The molecule has 4 rings (SSSR count). The van der Waals surface area contributed by atoms with Gasteiger partial charge in [0.25, 0.3) is 0 Å². The minimum atomic E-state index is -0.179. The molecule has 0 unspecified atom stereocenters. The van der Waals surface area contributed by atoms with Crippen LogP contribution in [0.15, 0.2) is 34.9 Å². The number of oxazole rings is 1. The average Bonchev–Trinajstić information content (AvgIpc) is 3.36. The number of amides is 2. The number of nitrogens with one attached hydrogen (secondary N) is 2. The Morgan fingerprint density at radius 2 is 2.16 bits per heavy atom. The van der Waals surface area contributed by atoms with Gasteiger partial charge in [0.1, 0.15) is 6.26 Å². The van der Waals surface area contributed by atoms with Crippen molar-refractivity contribution in [1.29, 1.82) is 0 Å². The highest BCUT2D eigenvalue weighted by molar-refractivity contribution is 5.90. The van der Waals surface area contributed by atoms with Gasteiger partial charge >= 0.3 is 6.03 Å². The smallest absolute Gasteiger partial charge is 0.319 e. The van der Waals surface area contributed by atoms with Gasteiger partial charge in [0, 0.05) is 23.9 Å². The van der Waals surface area contributed by atoms with Crippen LogP contribution in [0, 0.1) is 12.8 Å². The zero-order valence-corrected chi connectivity index (χ0v) is 14.3. The molecule has 2 fully saturated rings. The van der Waals surface area contributed by atoms with E-state index < -0.39 is 0 Å². The molecule has 1 aliphatic carbocycles. The van der Waals surface area contributed by atoms with E-state index in [1.54, 1.807) is 6.26 Å². The molecule has 2 atom stereocenters. The molecule has 132 valence electrons. The standard InChI is InChI=1S/C19H23N3O3/c1-12-11-25-18(20-12)14-3-2-4-15(9-14)21-19(23)22-16-7-8-24-17(10-16)13-5-6-13/h2-4,9,11,13,16-17H,5-8,10H2,1H3,(H2,21,22,23)/t16-,17-/m0/s1. The molecule has 2 aliphatic rings. The molecule has 6 nitrogen and oxygen atoms in total. The van der Waals surface area contributed by atoms with E-state index in [1.165, 1.54) is 12.8 Å². The van der Waals surface area contributed by atoms with Crippen LogP contribution in [0.4, 0.5) is 10.5 Å². The summed E-state index contributed by atoms with van der Waals surface area (Å²) in [7, 11) is 0. The third-order valence-electron chi connectivity index (χ3n) is 4.78. The van der Waals surface area contributed by atoms with Crippen molar-refractivity contribution in [2.75, 3.05) is 11.9 Å². The fourth-order valence-corrected chi connectivity index (χ4v) is 3.32. The van der Waals surface area contributed by atoms with Crippen LogP contribution < -0.4 is 10.6 Å². The number of rotatable bonds is 4. The van der Waals surface area contributed by atoms with Crippen LogP contribution in [-0.2, 0) is 4.74 Å². The highest BCUT2D eigenvalue weighted by Gasteiger charge is 2.36. The number of urea groups is 1. The van der Waals surface area contributed by atoms with Gasteiger partial charge in [-0.05, 0) is 56.7 Å². The van der Waals surface area contributed by atoms with Crippen molar-refractivity contribution in [2.45, 2.75) is 44.8 Å². The molecule has 1 aromatic heterocycles. The van der Waals surface area contributed by atoms with E-state index in [4.69, 9.17) is 9.15 Å². The summed E-state index contributed by atoms with van der Waals surface area (Å²) in [5, 5.41) is 5.98. The Balaban J connectivity index is 1.36. The molecule has 6 heteroatoms. The number of nitrogens with zero attached hydrogens (tertiary/aromatic N) is 1. The summed E-state index contributed by atoms with van der Waals surface area (Å²) in [4.78, 5) is 16.6. The second-order valence-electron chi connectivity index (χ2n) is 6.94. The first kappa shape index (κ1) is 16.1. The number of aromatic nitrogens is 1. The van der Waals surface area contributed by atoms with Gasteiger partial charge in [0.2, 0.25) is 5.89 Å². The molecule has 2 amide bonds. The molecule has 1 saturated heterocycles. The lowest BCUT2D eigenvalue weighted by Gasteiger charge is -2.30. The molecule has 1 aliphatic heterocycles. The quantitative estimate of drug-likeness (QED) is 0.888. The first-order valence-corrected chi connectivity index (χ1v) is 8.89. The zero-order valence-electron chi connectivity index (χ0n) is 14.3. The normalized spacial score (nSPS) is 23.2. The topological polar surface area (TPSA) is 76.4 Å². The molecule has 25 heavy (non-hydrogen) atoms. The van der Waals surface area contributed by atoms with E-state index in [2.05, 4.69) is 15.6 Å². The molecule has 2 aromatic rings. The summed E-state index contributed by atoms with van der Waals surface area (Å²) in [5.41, 5.74) is 2.39. The molecule has 1 saturated carbocycles. The Hall–Kier alpha value is -2.34. The monoisotopic (exact) mass is 341 g/mol. The lowest BCUT2D eigenvalue weighted by atomic mass is 10.0. The van der Waals surface area contributed by atoms with Gasteiger partial charge in [0.15, 0.2) is 0 Å². The van der Waals surface area contributed by atoms with Crippen molar-refractivity contribution in [3.05, 3.63) is 36.2 Å². The second kappa shape index (κ2) is 6.88. The lowest BCUT2D eigenvalue weighted by molar-refractivity contribution is -0.00889. The van der Waals surface area contributed by atoms with E-state index in [0.29, 0.717) is 17.9 Å². The van der Waals surface area contributed by atoms with Gasteiger partial charge in [-0.1, -0.05) is 6.07 Å². The molecule has 1 aromatic carbocycles. The summed E-state index contributed by atoms with van der Waals surface area (Å²) in [6.45, 7) is 2.61. The summed E-state index contributed by atoms with van der Waals surface area (Å²) >= 11 is 0. The second-order valence-corrected chi connectivity index (χ2v) is 6.94. The number of hydrogen-bond donors (Lipinski definition) is 2. The predicted molar refractivity (Wildman–Crippen MR) is 94.3 cm³/mol. The van der Waals surface area contributed by atoms with Crippen LogP contribution in [0.2, 0.25) is 0 Å². The van der Waals surface area contributed by atoms with Crippen LogP contribution >= 0.6 is 0 Å². The van der Waals surface area contributed by atoms with Crippen LogP contribution in [0.5, 0.6) is 0 Å². The first-order chi connectivity index (χ1) is 12.2. The number of benzene rings is 1. The summed E-state index contributed by atoms with van der Waals surface area (Å²) in [6, 6.07) is 7.51. The van der Waals surface area contributed by atoms with Crippen LogP contribution in [-0.4, -0.2) is 29.8 Å². The third-order valence-corrected chi connectivity index (χ3v) is 4.78. The number of hydrogen-bond acceptors (Lipinski definition) is 4. The maximum atomic E-state index is 12.3. The number of ether oxygens (including phenoxy) is 1. The maximum absolute atomic E-state index is 12.3. The van der Waals surface area contributed by atoms with Crippen LogP contribution in [0.1, 0.15) is 31.4 Å². The SMILES string of the molecule is Cc1coc(-c2cccc(NC(=O)N[C@H]3CCO[C@H](C4CC4)C3)c2)n1. The number of anilines is 1. The number of carbonyl (C=O) groups excluding carboxylic acids is 1. The summed E-state index contributed by atoms with van der Waals surface area (Å²) in [6.07, 6.45) is 6.23. The third kappa shape index (κ3) is 4.02. The van der Waals surface area contributed by atoms with Gasteiger partial charge in [-0.25, -0.2) is 9.78 Å². The maximum Gasteiger partial charge on any atom is 0.319 e. The molecule has 0 radical (unpaired) electrons. The van der Waals surface area contributed by atoms with E-state index in [1.807, 2.05) is 31.2 Å². The highest BCUT2D eigenvalue weighted by atomic mass is 16.5. The molecule has 2 N–H and O–H groups in total. The molecule has 0 bridgehead atoms. The summed E-state index contributed by atoms with van der Waals surface area (Å²) < 4.78 is 11.2. The van der Waals surface area contributed by atoms with E-state index in [0.717, 1.165) is 36.4 Å². The van der Waals surface area contributed by atoms with Crippen molar-refractivity contribution >= 4 is 11.7 Å². The first-order valence-electron chi connectivity index (χ1n) is 8.89. The van der Waals surface area contributed by atoms with Gasteiger partial charge in [-0.3, -0.25) is 0 Å². The Morgan fingerprint density at radius 3 is 2.92 bits per heavy atom. The number of carbonyl (C=O) groups is 1. The van der Waals surface area contributed by atoms with E-state index in [9.17, 15) is 4.79 Å². The fraction of sp³-hybridized carbons (Fsp3) is 0.474. The van der Waals surface area contributed by atoms with Gasteiger partial charge in [-0.2, -0.15) is 0 Å². The molecule has 2 heterocycles. The largest absolute Gasteiger partial charge is 0.444 e. The predicted octanol–water partition coefficient (Wildman–Crippen LogP) is 3.73.